The molecule has 2 heteroatoms. The zero-order valence-electron chi connectivity index (χ0n) is 7.63. The summed E-state index contributed by atoms with van der Waals surface area (Å²) in [4.78, 5) is 0. The van der Waals surface area contributed by atoms with Crippen LogP contribution in [-0.4, -0.2) is 23.4 Å². The molecular formula is C11H16O2. The minimum atomic E-state index is 0.250. The SMILES string of the molecule is OC[C@H]1[C@@H]2C=C[C@@H]([C@H]3C[C@@H]23)[C@@H]1CO. The summed E-state index contributed by atoms with van der Waals surface area (Å²) in [6.07, 6.45) is 5.90. The minimum Gasteiger partial charge on any atom is -0.396 e. The molecule has 4 rings (SSSR count). The van der Waals surface area contributed by atoms with Crippen LogP contribution in [0.15, 0.2) is 12.2 Å². The molecule has 4 aliphatic carbocycles. The van der Waals surface area contributed by atoms with Crippen LogP contribution in [0.3, 0.4) is 0 Å². The van der Waals surface area contributed by atoms with Crippen LogP contribution < -0.4 is 0 Å². The van der Waals surface area contributed by atoms with Gasteiger partial charge >= 0.3 is 0 Å². The molecule has 0 heterocycles. The summed E-state index contributed by atoms with van der Waals surface area (Å²) < 4.78 is 0. The highest BCUT2D eigenvalue weighted by Crippen LogP contribution is 2.63. The first kappa shape index (κ1) is 8.01. The third-order valence-corrected chi connectivity index (χ3v) is 4.40. The molecule has 0 unspecified atom stereocenters. The average molecular weight is 180 g/mol. The first-order valence-electron chi connectivity index (χ1n) is 5.27. The third kappa shape index (κ3) is 0.906. The molecule has 0 spiro atoms. The lowest BCUT2D eigenvalue weighted by atomic mass is 9.63. The normalized spacial score (nSPS) is 56.5. The molecule has 0 aromatic heterocycles. The first-order valence-corrected chi connectivity index (χ1v) is 5.27. The van der Waals surface area contributed by atoms with Crippen LogP contribution in [0, 0.1) is 35.5 Å². The third-order valence-electron chi connectivity index (χ3n) is 4.40. The number of hydrogen-bond acceptors (Lipinski definition) is 2. The Hall–Kier alpha value is -0.340. The summed E-state index contributed by atoms with van der Waals surface area (Å²) in [5.41, 5.74) is 0. The summed E-state index contributed by atoms with van der Waals surface area (Å²) in [5.74, 6) is 3.49. The molecule has 2 bridgehead atoms. The van der Waals surface area contributed by atoms with Crippen LogP contribution in [0.4, 0.5) is 0 Å². The Morgan fingerprint density at radius 1 is 0.923 bits per heavy atom. The van der Waals surface area contributed by atoms with Crippen molar-refractivity contribution in [2.75, 3.05) is 13.2 Å². The van der Waals surface area contributed by atoms with Gasteiger partial charge in [0.25, 0.3) is 0 Å². The van der Waals surface area contributed by atoms with Gasteiger partial charge in [-0.1, -0.05) is 12.2 Å². The molecule has 0 saturated heterocycles. The fourth-order valence-corrected chi connectivity index (χ4v) is 3.67. The van der Waals surface area contributed by atoms with Crippen molar-refractivity contribution in [1.82, 2.24) is 0 Å². The molecule has 2 nitrogen and oxygen atoms in total. The molecule has 2 saturated carbocycles. The monoisotopic (exact) mass is 180 g/mol. The van der Waals surface area contributed by atoms with E-state index in [1.807, 2.05) is 0 Å². The van der Waals surface area contributed by atoms with Crippen molar-refractivity contribution in [3.63, 3.8) is 0 Å². The largest absolute Gasteiger partial charge is 0.396 e. The van der Waals surface area contributed by atoms with Crippen molar-refractivity contribution >= 4 is 0 Å². The van der Waals surface area contributed by atoms with Gasteiger partial charge in [-0.3, -0.25) is 0 Å². The maximum Gasteiger partial charge on any atom is 0.0468 e. The van der Waals surface area contributed by atoms with Gasteiger partial charge in [-0.25, -0.2) is 0 Å². The molecule has 0 aromatic rings. The Balaban J connectivity index is 1.93. The molecule has 13 heavy (non-hydrogen) atoms. The van der Waals surface area contributed by atoms with E-state index in [2.05, 4.69) is 12.2 Å². The Bertz CT molecular complexity index is 224. The van der Waals surface area contributed by atoms with E-state index in [1.54, 1.807) is 0 Å². The van der Waals surface area contributed by atoms with E-state index in [1.165, 1.54) is 6.42 Å². The van der Waals surface area contributed by atoms with E-state index >= 15 is 0 Å². The number of rotatable bonds is 2. The molecule has 2 fully saturated rings. The van der Waals surface area contributed by atoms with Gasteiger partial charge in [-0.2, -0.15) is 0 Å². The topological polar surface area (TPSA) is 40.5 Å². The zero-order chi connectivity index (χ0) is 9.00. The van der Waals surface area contributed by atoms with Crippen molar-refractivity contribution in [2.45, 2.75) is 6.42 Å². The van der Waals surface area contributed by atoms with E-state index < -0.39 is 0 Å². The number of aliphatic hydroxyl groups is 2. The van der Waals surface area contributed by atoms with Crippen LogP contribution in [-0.2, 0) is 0 Å². The predicted octanol–water partition coefficient (Wildman–Crippen LogP) is 0.655. The number of fused-ring (bicyclic) bond motifs is 1. The van der Waals surface area contributed by atoms with E-state index in [0.29, 0.717) is 23.7 Å². The van der Waals surface area contributed by atoms with Crippen molar-refractivity contribution in [2.24, 2.45) is 35.5 Å². The minimum absolute atomic E-state index is 0.250. The van der Waals surface area contributed by atoms with Crippen LogP contribution in [0.5, 0.6) is 0 Å². The lowest BCUT2D eigenvalue weighted by molar-refractivity contribution is 0.0207. The maximum absolute atomic E-state index is 9.31. The Labute approximate surface area is 78.3 Å². The lowest BCUT2D eigenvalue weighted by Gasteiger charge is -2.43. The van der Waals surface area contributed by atoms with Crippen molar-refractivity contribution in [3.8, 4) is 0 Å². The molecule has 0 radical (unpaired) electrons. The van der Waals surface area contributed by atoms with Crippen LogP contribution in [0.25, 0.3) is 0 Å². The molecule has 2 N–H and O–H groups in total. The second-order valence-corrected chi connectivity index (χ2v) is 4.80. The van der Waals surface area contributed by atoms with Gasteiger partial charge < -0.3 is 10.2 Å². The molecule has 4 aliphatic rings. The quantitative estimate of drug-likeness (QED) is 0.613. The predicted molar refractivity (Wildman–Crippen MR) is 48.9 cm³/mol. The number of hydrogen-bond donors (Lipinski definition) is 2. The van der Waals surface area contributed by atoms with Gasteiger partial charge in [0, 0.05) is 13.2 Å². The van der Waals surface area contributed by atoms with Gasteiger partial charge in [0.2, 0.25) is 0 Å². The zero-order valence-corrected chi connectivity index (χ0v) is 7.63. The molecule has 0 amide bonds. The maximum atomic E-state index is 9.31. The smallest absolute Gasteiger partial charge is 0.0468 e. The van der Waals surface area contributed by atoms with Gasteiger partial charge in [-0.15, -0.1) is 0 Å². The van der Waals surface area contributed by atoms with Gasteiger partial charge in [0.15, 0.2) is 0 Å². The molecule has 0 aliphatic heterocycles. The summed E-state index contributed by atoms with van der Waals surface area (Å²) >= 11 is 0. The van der Waals surface area contributed by atoms with Gasteiger partial charge in [0.1, 0.15) is 0 Å². The summed E-state index contributed by atoms with van der Waals surface area (Å²) in [6, 6.07) is 0. The Morgan fingerprint density at radius 3 is 1.77 bits per heavy atom. The van der Waals surface area contributed by atoms with E-state index in [-0.39, 0.29) is 13.2 Å². The Kier molecular flexibility index (Phi) is 1.59. The van der Waals surface area contributed by atoms with E-state index in [9.17, 15) is 10.2 Å². The fraction of sp³-hybridized carbons (Fsp3) is 0.818. The lowest BCUT2D eigenvalue weighted by Crippen LogP contribution is -2.42. The molecule has 0 aromatic carbocycles. The summed E-state index contributed by atoms with van der Waals surface area (Å²) in [6.45, 7) is 0.500. The van der Waals surface area contributed by atoms with Crippen LogP contribution in [0.1, 0.15) is 6.42 Å². The van der Waals surface area contributed by atoms with Crippen molar-refractivity contribution in [3.05, 3.63) is 12.2 Å². The highest BCUT2D eigenvalue weighted by atomic mass is 16.3. The second kappa shape index (κ2) is 2.58. The van der Waals surface area contributed by atoms with E-state index in [4.69, 9.17) is 0 Å². The highest BCUT2D eigenvalue weighted by Gasteiger charge is 2.58. The summed E-state index contributed by atoms with van der Waals surface area (Å²) in [5, 5.41) is 18.6. The summed E-state index contributed by atoms with van der Waals surface area (Å²) in [7, 11) is 0. The van der Waals surface area contributed by atoms with Crippen molar-refractivity contribution in [1.29, 1.82) is 0 Å². The van der Waals surface area contributed by atoms with Gasteiger partial charge in [-0.05, 0) is 41.9 Å². The first-order chi connectivity index (χ1) is 6.36. The average Bonchev–Trinajstić information content (AvgIpc) is 2.97. The second-order valence-electron chi connectivity index (χ2n) is 4.80. The number of aliphatic hydroxyl groups excluding tert-OH is 2. The Morgan fingerprint density at radius 2 is 1.38 bits per heavy atom. The fourth-order valence-electron chi connectivity index (χ4n) is 3.67. The molecular weight excluding hydrogens is 164 g/mol. The standard InChI is InChI=1S/C11H16O2/c12-4-10-6-1-2-7(11(10)5-13)9-3-8(6)9/h1-2,6-13H,3-5H2/t6-,7+,8+,9-,10-,11-/m0/s1. The van der Waals surface area contributed by atoms with Crippen LogP contribution in [0.2, 0.25) is 0 Å². The van der Waals surface area contributed by atoms with Crippen molar-refractivity contribution < 1.29 is 10.2 Å². The van der Waals surface area contributed by atoms with E-state index in [0.717, 1.165) is 11.8 Å². The number of allylic oxidation sites excluding steroid dienone is 2. The van der Waals surface area contributed by atoms with Crippen LogP contribution >= 0.6 is 0 Å². The highest BCUT2D eigenvalue weighted by molar-refractivity contribution is 5.20. The molecule has 6 atom stereocenters. The van der Waals surface area contributed by atoms with Gasteiger partial charge in [0.05, 0.1) is 0 Å². The molecule has 72 valence electrons.